The van der Waals surface area contributed by atoms with E-state index in [2.05, 4.69) is 10.6 Å². The molecule has 22 heavy (non-hydrogen) atoms. The molecule has 0 aromatic heterocycles. The second kappa shape index (κ2) is 6.98. The van der Waals surface area contributed by atoms with E-state index < -0.39 is 0 Å². The van der Waals surface area contributed by atoms with Gasteiger partial charge in [-0.05, 0) is 42.7 Å². The van der Waals surface area contributed by atoms with Crippen molar-refractivity contribution in [3.05, 3.63) is 59.7 Å². The molecule has 2 aromatic rings. The van der Waals surface area contributed by atoms with E-state index >= 15 is 0 Å². The Balaban J connectivity index is 1.54. The smallest absolute Gasteiger partial charge is 0.251 e. The van der Waals surface area contributed by atoms with Gasteiger partial charge in [0.25, 0.3) is 5.91 Å². The summed E-state index contributed by atoms with van der Waals surface area (Å²) < 4.78 is 5.58. The number of carbonyl (C=O) groups is 1. The fourth-order valence-electron chi connectivity index (χ4n) is 2.67. The zero-order valence-electron chi connectivity index (χ0n) is 12.5. The van der Waals surface area contributed by atoms with Gasteiger partial charge >= 0.3 is 0 Å². The molecule has 0 bridgehead atoms. The molecule has 0 fully saturated rings. The molecule has 0 radical (unpaired) electrons. The average Bonchev–Trinajstić information content (AvgIpc) is 2.59. The molecule has 1 amide bonds. The fourth-order valence-corrected chi connectivity index (χ4v) is 2.67. The molecule has 4 heteroatoms. The second-order valence-electron chi connectivity index (χ2n) is 5.28. The Morgan fingerprint density at radius 2 is 2.00 bits per heavy atom. The van der Waals surface area contributed by atoms with Crippen LogP contribution in [0.2, 0.25) is 0 Å². The summed E-state index contributed by atoms with van der Waals surface area (Å²) in [6.45, 7) is 1.93. The van der Waals surface area contributed by atoms with Gasteiger partial charge in [-0.3, -0.25) is 4.79 Å². The SMILES string of the molecule is O=C(NCCOc1ccccc1)c1cccc2c1CCCN2. The van der Waals surface area contributed by atoms with Gasteiger partial charge in [-0.1, -0.05) is 24.3 Å². The predicted molar refractivity (Wildman–Crippen MR) is 87.5 cm³/mol. The van der Waals surface area contributed by atoms with Crippen molar-refractivity contribution < 1.29 is 9.53 Å². The van der Waals surface area contributed by atoms with Gasteiger partial charge in [0.2, 0.25) is 0 Å². The van der Waals surface area contributed by atoms with Gasteiger partial charge in [0, 0.05) is 17.8 Å². The van der Waals surface area contributed by atoms with Crippen LogP contribution in [0.5, 0.6) is 5.75 Å². The number of hydrogen-bond donors (Lipinski definition) is 2. The first-order chi connectivity index (χ1) is 10.8. The molecule has 2 N–H and O–H groups in total. The van der Waals surface area contributed by atoms with Crippen molar-refractivity contribution in [2.45, 2.75) is 12.8 Å². The van der Waals surface area contributed by atoms with Gasteiger partial charge in [0.15, 0.2) is 0 Å². The van der Waals surface area contributed by atoms with E-state index in [1.54, 1.807) is 0 Å². The summed E-state index contributed by atoms with van der Waals surface area (Å²) in [5, 5.41) is 6.27. The topological polar surface area (TPSA) is 50.4 Å². The van der Waals surface area contributed by atoms with Crippen molar-refractivity contribution in [2.24, 2.45) is 0 Å². The Kier molecular flexibility index (Phi) is 4.59. The number of ether oxygens (including phenoxy) is 1. The molecule has 4 nitrogen and oxygen atoms in total. The zero-order chi connectivity index (χ0) is 15.2. The van der Waals surface area contributed by atoms with Gasteiger partial charge in [-0.15, -0.1) is 0 Å². The summed E-state index contributed by atoms with van der Waals surface area (Å²) in [5.41, 5.74) is 2.97. The molecule has 0 spiro atoms. The molecular weight excluding hydrogens is 276 g/mol. The molecule has 1 aliphatic rings. The van der Waals surface area contributed by atoms with E-state index in [1.807, 2.05) is 48.5 Å². The van der Waals surface area contributed by atoms with Crippen LogP contribution in [0.25, 0.3) is 0 Å². The third kappa shape index (κ3) is 3.39. The predicted octanol–water partition coefficient (Wildman–Crippen LogP) is 2.85. The quantitative estimate of drug-likeness (QED) is 0.834. The third-order valence-electron chi connectivity index (χ3n) is 3.74. The maximum Gasteiger partial charge on any atom is 0.251 e. The number of benzene rings is 2. The number of para-hydroxylation sites is 1. The largest absolute Gasteiger partial charge is 0.492 e. The number of rotatable bonds is 5. The van der Waals surface area contributed by atoms with Crippen molar-refractivity contribution in [1.82, 2.24) is 5.32 Å². The van der Waals surface area contributed by atoms with Crippen molar-refractivity contribution >= 4 is 11.6 Å². The van der Waals surface area contributed by atoms with Crippen molar-refractivity contribution in [3.63, 3.8) is 0 Å². The van der Waals surface area contributed by atoms with Gasteiger partial charge in [0.05, 0.1) is 6.54 Å². The minimum atomic E-state index is -0.0304. The highest BCUT2D eigenvalue weighted by Gasteiger charge is 2.16. The molecular formula is C18H20N2O2. The molecule has 1 heterocycles. The molecule has 1 aliphatic heterocycles. The fraction of sp³-hybridized carbons (Fsp3) is 0.278. The van der Waals surface area contributed by atoms with Crippen LogP contribution in [-0.2, 0) is 6.42 Å². The van der Waals surface area contributed by atoms with E-state index in [4.69, 9.17) is 4.74 Å². The first-order valence-electron chi connectivity index (χ1n) is 7.66. The molecule has 0 aliphatic carbocycles. The number of amides is 1. The summed E-state index contributed by atoms with van der Waals surface area (Å²) in [6, 6.07) is 15.5. The summed E-state index contributed by atoms with van der Waals surface area (Å²) >= 11 is 0. The van der Waals surface area contributed by atoms with Crippen molar-refractivity contribution in [2.75, 3.05) is 25.0 Å². The van der Waals surface area contributed by atoms with Crippen LogP contribution in [-0.4, -0.2) is 25.6 Å². The lowest BCUT2D eigenvalue weighted by atomic mass is 9.97. The van der Waals surface area contributed by atoms with Gasteiger partial charge in [-0.2, -0.15) is 0 Å². The molecule has 0 atom stereocenters. The highest BCUT2D eigenvalue weighted by Crippen LogP contribution is 2.25. The molecule has 114 valence electrons. The zero-order valence-corrected chi connectivity index (χ0v) is 12.5. The molecule has 0 saturated heterocycles. The van der Waals surface area contributed by atoms with Crippen LogP contribution in [0.1, 0.15) is 22.3 Å². The number of anilines is 1. The lowest BCUT2D eigenvalue weighted by Crippen LogP contribution is -2.29. The molecule has 2 aromatic carbocycles. The summed E-state index contributed by atoms with van der Waals surface area (Å²) in [6.07, 6.45) is 2.01. The highest BCUT2D eigenvalue weighted by atomic mass is 16.5. The monoisotopic (exact) mass is 296 g/mol. The number of nitrogens with one attached hydrogen (secondary N) is 2. The van der Waals surface area contributed by atoms with Crippen LogP contribution in [0.4, 0.5) is 5.69 Å². The number of hydrogen-bond acceptors (Lipinski definition) is 3. The van der Waals surface area contributed by atoms with Gasteiger partial charge in [0.1, 0.15) is 12.4 Å². The Labute approximate surface area is 130 Å². The Hall–Kier alpha value is -2.49. The van der Waals surface area contributed by atoms with Crippen LogP contribution in [0, 0.1) is 0 Å². The summed E-state index contributed by atoms with van der Waals surface area (Å²) in [4.78, 5) is 12.3. The standard InChI is InChI=1S/C18H20N2O2/c21-18(20-12-13-22-14-6-2-1-3-7-14)16-8-4-10-17-15(16)9-5-11-19-17/h1-4,6-8,10,19H,5,9,11-13H2,(H,20,21). The molecule has 0 saturated carbocycles. The molecule has 0 unspecified atom stereocenters. The number of fused-ring (bicyclic) bond motifs is 1. The Morgan fingerprint density at radius 1 is 1.14 bits per heavy atom. The van der Waals surface area contributed by atoms with E-state index in [0.29, 0.717) is 13.2 Å². The first-order valence-corrected chi connectivity index (χ1v) is 7.66. The van der Waals surface area contributed by atoms with Crippen LogP contribution >= 0.6 is 0 Å². The van der Waals surface area contributed by atoms with E-state index in [1.165, 1.54) is 0 Å². The number of carbonyl (C=O) groups excluding carboxylic acids is 1. The second-order valence-corrected chi connectivity index (χ2v) is 5.28. The average molecular weight is 296 g/mol. The van der Waals surface area contributed by atoms with E-state index in [0.717, 1.165) is 42.0 Å². The maximum absolute atomic E-state index is 12.3. The van der Waals surface area contributed by atoms with Crippen molar-refractivity contribution in [1.29, 1.82) is 0 Å². The summed E-state index contributed by atoms with van der Waals surface area (Å²) in [5.74, 6) is 0.787. The van der Waals surface area contributed by atoms with E-state index in [-0.39, 0.29) is 5.91 Å². The van der Waals surface area contributed by atoms with Crippen LogP contribution in [0.15, 0.2) is 48.5 Å². The van der Waals surface area contributed by atoms with Crippen LogP contribution in [0.3, 0.4) is 0 Å². The van der Waals surface area contributed by atoms with Gasteiger partial charge in [-0.25, -0.2) is 0 Å². The lowest BCUT2D eigenvalue weighted by Gasteiger charge is -2.20. The first kappa shape index (κ1) is 14.4. The maximum atomic E-state index is 12.3. The molecule has 3 rings (SSSR count). The lowest BCUT2D eigenvalue weighted by molar-refractivity contribution is 0.0946. The Bertz CT molecular complexity index is 641. The third-order valence-corrected chi connectivity index (χ3v) is 3.74. The van der Waals surface area contributed by atoms with Gasteiger partial charge < -0.3 is 15.4 Å². The van der Waals surface area contributed by atoms with Crippen molar-refractivity contribution in [3.8, 4) is 5.75 Å². The minimum Gasteiger partial charge on any atom is -0.492 e. The van der Waals surface area contributed by atoms with Crippen LogP contribution < -0.4 is 15.4 Å². The summed E-state index contributed by atoms with van der Waals surface area (Å²) in [7, 11) is 0. The minimum absolute atomic E-state index is 0.0304. The van der Waals surface area contributed by atoms with E-state index in [9.17, 15) is 4.79 Å². The Morgan fingerprint density at radius 3 is 2.86 bits per heavy atom. The highest BCUT2D eigenvalue weighted by molar-refractivity contribution is 5.97. The normalized spacial score (nSPS) is 12.9.